The summed E-state index contributed by atoms with van der Waals surface area (Å²) in [5.74, 6) is 0. The maximum atomic E-state index is 10.2. The van der Waals surface area contributed by atoms with Gasteiger partial charge in [0.05, 0.1) is 0 Å². The monoisotopic (exact) mass is 248 g/mol. The fourth-order valence-corrected chi connectivity index (χ4v) is 2.58. The van der Waals surface area contributed by atoms with Crippen molar-refractivity contribution in [1.82, 2.24) is 0 Å². The third-order valence-electron chi connectivity index (χ3n) is 2.15. The van der Waals surface area contributed by atoms with E-state index in [-0.39, 0.29) is 0 Å². The summed E-state index contributed by atoms with van der Waals surface area (Å²) in [7, 11) is 0. The molecule has 2 rings (SSSR count). The zero-order valence-corrected chi connectivity index (χ0v) is 10.2. The Morgan fingerprint density at radius 2 is 1.31 bits per heavy atom. The molecule has 3 heteroatoms. The van der Waals surface area contributed by atoms with E-state index in [4.69, 9.17) is 0 Å². The van der Waals surface area contributed by atoms with Gasteiger partial charge in [0.25, 0.3) is 0 Å². The fraction of sp³-hybridized carbons (Fsp3) is 0.0769. The van der Waals surface area contributed by atoms with E-state index in [1.807, 2.05) is 58.1 Å². The summed E-state index contributed by atoms with van der Waals surface area (Å²) in [5, 5.41) is 18.2. The molecule has 0 saturated heterocycles. The summed E-state index contributed by atoms with van der Waals surface area (Å²) in [4.78, 5) is 0. The molecule has 0 atom stereocenters. The molecule has 1 nitrogen and oxygen atoms in total. The van der Waals surface area contributed by atoms with Crippen molar-refractivity contribution in [1.29, 1.82) is 0 Å². The Morgan fingerprint density at radius 3 is 1.81 bits per heavy atom. The predicted molar refractivity (Wildman–Crippen MR) is 73.9 cm³/mol. The van der Waals surface area contributed by atoms with Crippen molar-refractivity contribution in [3.8, 4) is 0 Å². The lowest BCUT2D eigenvalue weighted by Crippen LogP contribution is -2.10. The summed E-state index contributed by atoms with van der Waals surface area (Å²) >= 11 is 3.17. The van der Waals surface area contributed by atoms with E-state index in [0.717, 1.165) is 11.1 Å². The number of hydrogen-bond acceptors (Lipinski definition) is 3. The Balaban J connectivity index is 2.15. The Kier molecular flexibility index (Phi) is 4.34. The maximum Gasteiger partial charge on any atom is 0.105 e. The van der Waals surface area contributed by atoms with E-state index < -0.39 is 6.10 Å². The smallest absolute Gasteiger partial charge is 0.105 e. The van der Waals surface area contributed by atoms with Gasteiger partial charge in [0.15, 0.2) is 0 Å². The molecular weight excluding hydrogens is 236 g/mol. The van der Waals surface area contributed by atoms with E-state index >= 15 is 0 Å². The quantitative estimate of drug-likeness (QED) is 0.803. The third-order valence-corrected chi connectivity index (χ3v) is 3.60. The first kappa shape index (κ1) is 11.6. The molecule has 16 heavy (non-hydrogen) atoms. The van der Waals surface area contributed by atoms with Crippen LogP contribution in [0.3, 0.4) is 0 Å². The van der Waals surface area contributed by atoms with Gasteiger partial charge in [-0.2, -0.15) is 0 Å². The van der Waals surface area contributed by atoms with Crippen molar-refractivity contribution < 1.29 is 5.11 Å². The van der Waals surface area contributed by atoms with Gasteiger partial charge in [-0.15, -0.1) is 23.5 Å². The van der Waals surface area contributed by atoms with Crippen LogP contribution in [0.5, 0.6) is 0 Å². The van der Waals surface area contributed by atoms with E-state index in [9.17, 15) is 5.11 Å². The Morgan fingerprint density at radius 1 is 0.812 bits per heavy atom. The number of allylic oxidation sites excluding steroid dienone is 4. The van der Waals surface area contributed by atoms with Crippen molar-refractivity contribution in [2.75, 3.05) is 0 Å². The molecule has 0 saturated carbocycles. The molecule has 0 spiro atoms. The Labute approximate surface area is 104 Å². The average molecular weight is 248 g/mol. The lowest BCUT2D eigenvalue weighted by atomic mass is 10.0. The van der Waals surface area contributed by atoms with Crippen molar-refractivity contribution >= 4 is 23.5 Å². The lowest BCUT2D eigenvalue weighted by molar-refractivity contribution is 0.255. The molecule has 0 unspecified atom stereocenters. The van der Waals surface area contributed by atoms with Crippen molar-refractivity contribution in [3.05, 3.63) is 69.2 Å². The van der Waals surface area contributed by atoms with Crippen LogP contribution in [0.1, 0.15) is 0 Å². The van der Waals surface area contributed by atoms with E-state index in [1.54, 1.807) is 23.5 Å². The van der Waals surface area contributed by atoms with E-state index in [2.05, 4.69) is 0 Å². The average Bonchev–Trinajstić information content (AvgIpc) is 2.73. The van der Waals surface area contributed by atoms with E-state index in [0.29, 0.717) is 0 Å². The van der Waals surface area contributed by atoms with Crippen molar-refractivity contribution in [2.24, 2.45) is 0 Å². The number of hydrogen-bond donors (Lipinski definition) is 1. The van der Waals surface area contributed by atoms with Gasteiger partial charge in [0, 0.05) is 0 Å². The molecule has 0 aromatic carbocycles. The normalized spacial score (nSPS) is 19.4. The van der Waals surface area contributed by atoms with Crippen LogP contribution in [0.15, 0.2) is 69.2 Å². The van der Waals surface area contributed by atoms with Crippen LogP contribution in [0.4, 0.5) is 0 Å². The molecule has 0 radical (unpaired) electrons. The van der Waals surface area contributed by atoms with Gasteiger partial charge in [0.1, 0.15) is 6.10 Å². The maximum absolute atomic E-state index is 10.2. The molecule has 0 aromatic heterocycles. The minimum atomic E-state index is -0.549. The van der Waals surface area contributed by atoms with Gasteiger partial charge in [0.2, 0.25) is 0 Å². The molecule has 0 amide bonds. The van der Waals surface area contributed by atoms with Gasteiger partial charge in [-0.3, -0.25) is 0 Å². The largest absolute Gasteiger partial charge is 0.384 e. The number of thioether (sulfide) groups is 2. The lowest BCUT2D eigenvalue weighted by Gasteiger charge is -2.12. The molecule has 0 aromatic rings. The summed E-state index contributed by atoms with van der Waals surface area (Å²) in [6.45, 7) is 0. The Bertz CT molecular complexity index is 385. The second-order valence-corrected chi connectivity index (χ2v) is 4.85. The first-order chi connectivity index (χ1) is 7.88. The first-order valence-corrected chi connectivity index (χ1v) is 6.82. The van der Waals surface area contributed by atoms with Crippen LogP contribution in [0, 0.1) is 0 Å². The van der Waals surface area contributed by atoms with Crippen LogP contribution < -0.4 is 0 Å². The number of aliphatic hydroxyl groups is 1. The SMILES string of the molecule is OC(C1=CSC=CC=C1)C1=CSC=CC=C1. The summed E-state index contributed by atoms with van der Waals surface area (Å²) < 4.78 is 0. The third kappa shape index (κ3) is 3.04. The van der Waals surface area contributed by atoms with Gasteiger partial charge < -0.3 is 5.11 Å². The second-order valence-electron chi connectivity index (χ2n) is 3.29. The zero-order valence-electron chi connectivity index (χ0n) is 8.61. The molecular formula is C13H12OS2. The summed E-state index contributed by atoms with van der Waals surface area (Å²) in [6, 6.07) is 0. The Hall–Kier alpha value is -0.900. The van der Waals surface area contributed by atoms with Crippen LogP contribution >= 0.6 is 23.5 Å². The van der Waals surface area contributed by atoms with Gasteiger partial charge in [-0.1, -0.05) is 36.5 Å². The van der Waals surface area contributed by atoms with Crippen LogP contribution in [0.25, 0.3) is 0 Å². The topological polar surface area (TPSA) is 20.2 Å². The van der Waals surface area contributed by atoms with Gasteiger partial charge in [-0.25, -0.2) is 0 Å². The van der Waals surface area contributed by atoms with Crippen molar-refractivity contribution in [3.63, 3.8) is 0 Å². The highest BCUT2D eigenvalue weighted by molar-refractivity contribution is 8.05. The van der Waals surface area contributed by atoms with Crippen LogP contribution in [-0.2, 0) is 0 Å². The fourth-order valence-electron chi connectivity index (χ4n) is 1.33. The standard InChI is InChI=1S/C13H12OS2/c14-13(11-5-1-3-7-15-9-11)12-6-2-4-8-16-10-12/h1-10,13-14H. The molecule has 0 aliphatic carbocycles. The molecule has 2 aliphatic rings. The highest BCUT2D eigenvalue weighted by Gasteiger charge is 2.12. The minimum absolute atomic E-state index is 0.549. The molecule has 0 bridgehead atoms. The first-order valence-electron chi connectivity index (χ1n) is 4.93. The summed E-state index contributed by atoms with van der Waals surface area (Å²) in [5.41, 5.74) is 1.85. The second kappa shape index (κ2) is 5.99. The highest BCUT2D eigenvalue weighted by atomic mass is 32.2. The van der Waals surface area contributed by atoms with Gasteiger partial charge >= 0.3 is 0 Å². The molecule has 2 aliphatic heterocycles. The van der Waals surface area contributed by atoms with Crippen molar-refractivity contribution in [2.45, 2.75) is 6.10 Å². The predicted octanol–water partition coefficient (Wildman–Crippen LogP) is 3.75. The number of rotatable bonds is 2. The van der Waals surface area contributed by atoms with Crippen LogP contribution in [-0.4, -0.2) is 11.2 Å². The van der Waals surface area contributed by atoms with Crippen LogP contribution in [0.2, 0.25) is 0 Å². The molecule has 2 heterocycles. The van der Waals surface area contributed by atoms with E-state index in [1.165, 1.54) is 0 Å². The molecule has 1 N–H and O–H groups in total. The molecule has 82 valence electrons. The van der Waals surface area contributed by atoms with Gasteiger partial charge in [-0.05, 0) is 32.8 Å². The molecule has 0 fully saturated rings. The highest BCUT2D eigenvalue weighted by Crippen LogP contribution is 2.24. The summed E-state index contributed by atoms with van der Waals surface area (Å²) in [6.07, 6.45) is 11.2. The minimum Gasteiger partial charge on any atom is -0.384 e. The zero-order chi connectivity index (χ0) is 11.2. The number of aliphatic hydroxyl groups excluding tert-OH is 1.